The summed E-state index contributed by atoms with van der Waals surface area (Å²) in [6.07, 6.45) is 2.44. The van der Waals surface area contributed by atoms with Gasteiger partial charge in [0.1, 0.15) is 6.04 Å². The van der Waals surface area contributed by atoms with Gasteiger partial charge in [0.2, 0.25) is 0 Å². The fourth-order valence-electron chi connectivity index (χ4n) is 1.22. The van der Waals surface area contributed by atoms with Crippen molar-refractivity contribution in [2.75, 3.05) is 19.8 Å². The Bertz CT molecular complexity index is 143. The van der Waals surface area contributed by atoms with Crippen molar-refractivity contribution in [2.24, 2.45) is 0 Å². The first-order valence-corrected chi connectivity index (χ1v) is 4.35. The van der Waals surface area contributed by atoms with Crippen molar-refractivity contribution in [3.8, 4) is 0 Å². The largest absolute Gasteiger partial charge is 0.464 e. The second-order valence-electron chi connectivity index (χ2n) is 2.89. The SMILES string of the molecule is O=C(OCCCO)[C@@H]1CCCN1. The fourth-order valence-corrected chi connectivity index (χ4v) is 1.22. The van der Waals surface area contributed by atoms with Gasteiger partial charge in [0.05, 0.1) is 6.61 Å². The molecule has 2 N–H and O–H groups in total. The molecule has 1 fully saturated rings. The highest BCUT2D eigenvalue weighted by Crippen LogP contribution is 2.06. The maximum atomic E-state index is 11.2. The summed E-state index contributed by atoms with van der Waals surface area (Å²) >= 11 is 0. The molecule has 12 heavy (non-hydrogen) atoms. The molecule has 1 heterocycles. The van der Waals surface area contributed by atoms with Gasteiger partial charge in [-0.1, -0.05) is 0 Å². The molecule has 0 aromatic carbocycles. The third-order valence-corrected chi connectivity index (χ3v) is 1.89. The Kier molecular flexibility index (Phi) is 4.04. The zero-order valence-corrected chi connectivity index (χ0v) is 7.08. The zero-order chi connectivity index (χ0) is 8.81. The van der Waals surface area contributed by atoms with Crippen molar-refractivity contribution in [1.29, 1.82) is 0 Å². The third-order valence-electron chi connectivity index (χ3n) is 1.89. The monoisotopic (exact) mass is 173 g/mol. The predicted octanol–water partition coefficient (Wildman–Crippen LogP) is -0.336. The summed E-state index contributed by atoms with van der Waals surface area (Å²) in [6.45, 7) is 1.30. The molecule has 0 amide bonds. The van der Waals surface area contributed by atoms with Crippen LogP contribution in [0.5, 0.6) is 0 Å². The molecule has 0 bridgehead atoms. The first-order valence-electron chi connectivity index (χ1n) is 4.35. The Balaban J connectivity index is 2.10. The van der Waals surface area contributed by atoms with Crippen LogP contribution in [0.25, 0.3) is 0 Å². The van der Waals surface area contributed by atoms with Crippen LogP contribution in [0, 0.1) is 0 Å². The summed E-state index contributed by atoms with van der Waals surface area (Å²) in [5.41, 5.74) is 0. The Labute approximate surface area is 71.9 Å². The first kappa shape index (κ1) is 9.48. The van der Waals surface area contributed by atoms with Crippen molar-refractivity contribution >= 4 is 5.97 Å². The summed E-state index contributed by atoms with van der Waals surface area (Å²) in [5, 5.41) is 11.5. The van der Waals surface area contributed by atoms with Gasteiger partial charge >= 0.3 is 5.97 Å². The number of hydrogen-bond acceptors (Lipinski definition) is 4. The minimum absolute atomic E-state index is 0.0748. The molecule has 0 aromatic rings. The second kappa shape index (κ2) is 5.11. The third kappa shape index (κ3) is 2.79. The van der Waals surface area contributed by atoms with Gasteiger partial charge in [0, 0.05) is 13.0 Å². The molecule has 70 valence electrons. The molecule has 0 unspecified atom stereocenters. The number of aliphatic hydroxyl groups excluding tert-OH is 1. The summed E-state index contributed by atoms with van der Waals surface area (Å²) in [7, 11) is 0. The van der Waals surface area contributed by atoms with Crippen LogP contribution < -0.4 is 5.32 Å². The van der Waals surface area contributed by atoms with Crippen molar-refractivity contribution in [1.82, 2.24) is 5.32 Å². The summed E-state index contributed by atoms with van der Waals surface area (Å²) in [5.74, 6) is -0.180. The molecule has 1 rings (SSSR count). The number of rotatable bonds is 4. The molecule has 0 aliphatic carbocycles. The van der Waals surface area contributed by atoms with E-state index >= 15 is 0 Å². The minimum atomic E-state index is -0.180. The van der Waals surface area contributed by atoms with Crippen LogP contribution in [-0.4, -0.2) is 36.9 Å². The summed E-state index contributed by atoms with van der Waals surface area (Å²) in [4.78, 5) is 11.2. The number of esters is 1. The standard InChI is InChI=1S/C8H15NO3/c10-5-2-6-12-8(11)7-3-1-4-9-7/h7,9-10H,1-6H2/t7-/m0/s1. The van der Waals surface area contributed by atoms with Gasteiger partial charge in [-0.25, -0.2) is 0 Å². The van der Waals surface area contributed by atoms with Crippen molar-refractivity contribution in [3.05, 3.63) is 0 Å². The fraction of sp³-hybridized carbons (Fsp3) is 0.875. The van der Waals surface area contributed by atoms with E-state index in [0.717, 1.165) is 19.4 Å². The van der Waals surface area contributed by atoms with E-state index in [9.17, 15) is 4.79 Å². The lowest BCUT2D eigenvalue weighted by Gasteiger charge is -2.09. The van der Waals surface area contributed by atoms with E-state index in [4.69, 9.17) is 9.84 Å². The Hall–Kier alpha value is -0.610. The van der Waals surface area contributed by atoms with Crippen molar-refractivity contribution in [3.63, 3.8) is 0 Å². The van der Waals surface area contributed by atoms with Crippen LogP contribution in [0.1, 0.15) is 19.3 Å². The van der Waals surface area contributed by atoms with E-state index in [2.05, 4.69) is 5.32 Å². The van der Waals surface area contributed by atoms with Gasteiger partial charge in [-0.3, -0.25) is 4.79 Å². The zero-order valence-electron chi connectivity index (χ0n) is 7.08. The van der Waals surface area contributed by atoms with Crippen LogP contribution in [0.4, 0.5) is 0 Å². The molecule has 1 aliphatic heterocycles. The number of carbonyl (C=O) groups is 1. The predicted molar refractivity (Wildman–Crippen MR) is 43.7 cm³/mol. The minimum Gasteiger partial charge on any atom is -0.464 e. The number of carbonyl (C=O) groups excluding carboxylic acids is 1. The second-order valence-corrected chi connectivity index (χ2v) is 2.89. The van der Waals surface area contributed by atoms with Gasteiger partial charge in [-0.05, 0) is 19.4 Å². The molecular formula is C8H15NO3. The molecule has 0 radical (unpaired) electrons. The average molecular weight is 173 g/mol. The lowest BCUT2D eigenvalue weighted by atomic mass is 10.2. The highest BCUT2D eigenvalue weighted by atomic mass is 16.5. The van der Waals surface area contributed by atoms with E-state index in [-0.39, 0.29) is 18.6 Å². The normalized spacial score (nSPS) is 22.6. The molecular weight excluding hydrogens is 158 g/mol. The molecule has 1 saturated heterocycles. The average Bonchev–Trinajstić information content (AvgIpc) is 2.56. The van der Waals surface area contributed by atoms with Crippen LogP contribution in [0.15, 0.2) is 0 Å². The number of aliphatic hydroxyl groups is 1. The van der Waals surface area contributed by atoms with Gasteiger partial charge in [-0.15, -0.1) is 0 Å². The lowest BCUT2D eigenvalue weighted by Crippen LogP contribution is -2.32. The number of ether oxygens (including phenoxy) is 1. The molecule has 4 heteroatoms. The van der Waals surface area contributed by atoms with Crippen molar-refractivity contribution < 1.29 is 14.6 Å². The van der Waals surface area contributed by atoms with Crippen LogP contribution >= 0.6 is 0 Å². The van der Waals surface area contributed by atoms with Gasteiger partial charge < -0.3 is 15.2 Å². The van der Waals surface area contributed by atoms with Gasteiger partial charge in [0.15, 0.2) is 0 Å². The van der Waals surface area contributed by atoms with Crippen molar-refractivity contribution in [2.45, 2.75) is 25.3 Å². The maximum absolute atomic E-state index is 11.2. The lowest BCUT2D eigenvalue weighted by molar-refractivity contribution is -0.146. The molecule has 1 aliphatic rings. The summed E-state index contributed by atoms with van der Waals surface area (Å²) in [6, 6.07) is -0.108. The Morgan fingerprint density at radius 1 is 1.67 bits per heavy atom. The highest BCUT2D eigenvalue weighted by molar-refractivity contribution is 5.76. The smallest absolute Gasteiger partial charge is 0.323 e. The maximum Gasteiger partial charge on any atom is 0.323 e. The van der Waals surface area contributed by atoms with Crippen LogP contribution in [0.2, 0.25) is 0 Å². The quantitative estimate of drug-likeness (QED) is 0.451. The van der Waals surface area contributed by atoms with Gasteiger partial charge in [-0.2, -0.15) is 0 Å². The van der Waals surface area contributed by atoms with E-state index in [0.29, 0.717) is 13.0 Å². The van der Waals surface area contributed by atoms with E-state index in [1.807, 2.05) is 0 Å². The first-order chi connectivity index (χ1) is 5.84. The molecule has 4 nitrogen and oxygen atoms in total. The molecule has 0 spiro atoms. The number of nitrogens with one attached hydrogen (secondary N) is 1. The molecule has 0 aromatic heterocycles. The topological polar surface area (TPSA) is 58.6 Å². The van der Waals surface area contributed by atoms with Gasteiger partial charge in [0.25, 0.3) is 0 Å². The van der Waals surface area contributed by atoms with E-state index in [1.54, 1.807) is 0 Å². The van der Waals surface area contributed by atoms with Crippen LogP contribution in [0.3, 0.4) is 0 Å². The highest BCUT2D eigenvalue weighted by Gasteiger charge is 2.22. The Morgan fingerprint density at radius 3 is 3.08 bits per heavy atom. The molecule has 1 atom stereocenters. The van der Waals surface area contributed by atoms with Crippen LogP contribution in [-0.2, 0) is 9.53 Å². The number of hydrogen-bond donors (Lipinski definition) is 2. The Morgan fingerprint density at radius 2 is 2.50 bits per heavy atom. The molecule has 0 saturated carbocycles. The van der Waals surface area contributed by atoms with E-state index in [1.165, 1.54) is 0 Å². The van der Waals surface area contributed by atoms with E-state index < -0.39 is 0 Å². The summed E-state index contributed by atoms with van der Waals surface area (Å²) < 4.78 is 4.90.